The molecule has 0 bridgehead atoms. The fourth-order valence-electron chi connectivity index (χ4n) is 0.634. The summed E-state index contributed by atoms with van der Waals surface area (Å²) in [5.74, 6) is 0. The van der Waals surface area contributed by atoms with Crippen molar-refractivity contribution in [1.29, 1.82) is 0 Å². The quantitative estimate of drug-likeness (QED) is 0.443. The van der Waals surface area contributed by atoms with Crippen LogP contribution in [0.25, 0.3) is 0 Å². The van der Waals surface area contributed by atoms with Crippen LogP contribution in [0.3, 0.4) is 0 Å². The zero-order valence-corrected chi connectivity index (χ0v) is 7.75. The zero-order valence-electron chi connectivity index (χ0n) is 7.75. The van der Waals surface area contributed by atoms with E-state index in [2.05, 4.69) is 18.3 Å². The molecule has 0 saturated carbocycles. The summed E-state index contributed by atoms with van der Waals surface area (Å²) in [7, 11) is 0. The minimum atomic E-state index is 0.959. The molecule has 0 aromatic rings. The first-order valence-electron chi connectivity index (χ1n) is 3.83. The highest BCUT2D eigenvalue weighted by Gasteiger charge is 1.88. The number of nitrogens with zero attached hydrogens (tertiary/aromatic N) is 1. The molecule has 0 radical (unpaired) electrons. The molecule has 0 aromatic carbocycles. The summed E-state index contributed by atoms with van der Waals surface area (Å²) >= 11 is 0. The van der Waals surface area contributed by atoms with Gasteiger partial charge in [0.25, 0.3) is 0 Å². The standard InChI is InChI=1S/C11H15N/c1-5-6-7-8-10(2)11(3)9-12-4/h5-9H,2,4H2,1,3H3/b6-5-,8-7-,11-9+. The molecule has 0 unspecified atom stereocenters. The lowest BCUT2D eigenvalue weighted by Crippen LogP contribution is -1.76. The van der Waals surface area contributed by atoms with Gasteiger partial charge in [0.05, 0.1) is 0 Å². The maximum atomic E-state index is 3.87. The van der Waals surface area contributed by atoms with Gasteiger partial charge >= 0.3 is 0 Å². The Labute approximate surface area is 74.5 Å². The van der Waals surface area contributed by atoms with E-state index in [0.717, 1.165) is 11.1 Å². The normalized spacial score (nSPS) is 12.7. The zero-order chi connectivity index (χ0) is 9.40. The van der Waals surface area contributed by atoms with Gasteiger partial charge in [-0.1, -0.05) is 30.9 Å². The van der Waals surface area contributed by atoms with Crippen LogP contribution in [0.2, 0.25) is 0 Å². The van der Waals surface area contributed by atoms with E-state index in [1.165, 1.54) is 0 Å². The first-order chi connectivity index (χ1) is 5.72. The molecule has 0 aliphatic carbocycles. The second-order valence-corrected chi connectivity index (χ2v) is 2.40. The van der Waals surface area contributed by atoms with E-state index in [4.69, 9.17) is 0 Å². The summed E-state index contributed by atoms with van der Waals surface area (Å²) in [5, 5.41) is 0. The molecule has 0 atom stereocenters. The van der Waals surface area contributed by atoms with Crippen molar-refractivity contribution in [3.63, 3.8) is 0 Å². The second kappa shape index (κ2) is 6.35. The number of allylic oxidation sites excluding steroid dienone is 6. The number of rotatable bonds is 4. The molecule has 0 aliphatic heterocycles. The molecular weight excluding hydrogens is 146 g/mol. The van der Waals surface area contributed by atoms with Gasteiger partial charge in [0.15, 0.2) is 0 Å². The summed E-state index contributed by atoms with van der Waals surface area (Å²) in [5.41, 5.74) is 1.99. The lowest BCUT2D eigenvalue weighted by molar-refractivity contribution is 1.39. The Hall–Kier alpha value is -1.37. The molecule has 1 nitrogen and oxygen atoms in total. The maximum absolute atomic E-state index is 3.87. The van der Waals surface area contributed by atoms with Crippen molar-refractivity contribution in [2.45, 2.75) is 13.8 Å². The molecule has 0 aliphatic rings. The van der Waals surface area contributed by atoms with Crippen molar-refractivity contribution in [2.24, 2.45) is 4.99 Å². The molecule has 0 amide bonds. The van der Waals surface area contributed by atoms with E-state index in [9.17, 15) is 0 Å². The van der Waals surface area contributed by atoms with Crippen LogP contribution in [0.4, 0.5) is 0 Å². The van der Waals surface area contributed by atoms with Crippen LogP contribution in [0.5, 0.6) is 0 Å². The van der Waals surface area contributed by atoms with E-state index in [1.807, 2.05) is 38.2 Å². The molecule has 0 heterocycles. The first-order valence-corrected chi connectivity index (χ1v) is 3.83. The van der Waals surface area contributed by atoms with Crippen LogP contribution < -0.4 is 0 Å². The van der Waals surface area contributed by atoms with Gasteiger partial charge in [0.1, 0.15) is 0 Å². The molecule has 0 aromatic heterocycles. The van der Waals surface area contributed by atoms with Crippen LogP contribution in [0.1, 0.15) is 13.8 Å². The van der Waals surface area contributed by atoms with Gasteiger partial charge in [-0.3, -0.25) is 4.99 Å². The van der Waals surface area contributed by atoms with E-state index in [0.29, 0.717) is 0 Å². The van der Waals surface area contributed by atoms with E-state index >= 15 is 0 Å². The van der Waals surface area contributed by atoms with E-state index in [1.54, 1.807) is 6.20 Å². The van der Waals surface area contributed by atoms with Crippen molar-refractivity contribution >= 4 is 6.72 Å². The summed E-state index contributed by atoms with van der Waals surface area (Å²) in [4.78, 5) is 3.66. The average molecular weight is 161 g/mol. The fraction of sp³-hybridized carbons (Fsp3) is 0.182. The van der Waals surface area contributed by atoms with Gasteiger partial charge in [-0.05, 0) is 31.7 Å². The molecule has 0 saturated heterocycles. The van der Waals surface area contributed by atoms with Crippen molar-refractivity contribution in [3.8, 4) is 0 Å². The molecule has 0 spiro atoms. The smallest absolute Gasteiger partial charge is 0.0295 e. The Morgan fingerprint density at radius 1 is 1.33 bits per heavy atom. The van der Waals surface area contributed by atoms with Crippen molar-refractivity contribution < 1.29 is 0 Å². The largest absolute Gasteiger partial charge is 0.272 e. The SMILES string of the molecule is C=N/C=C(\C)C(=C)/C=C\C=C/C. The van der Waals surface area contributed by atoms with Gasteiger partial charge in [0, 0.05) is 6.20 Å². The summed E-state index contributed by atoms with van der Waals surface area (Å²) in [6.07, 6.45) is 9.51. The minimum absolute atomic E-state index is 0.959. The second-order valence-electron chi connectivity index (χ2n) is 2.40. The molecule has 0 N–H and O–H groups in total. The third-order valence-electron chi connectivity index (χ3n) is 1.39. The number of aliphatic imine (C=N–C) groups is 1. The summed E-state index contributed by atoms with van der Waals surface area (Å²) in [6.45, 7) is 11.2. The van der Waals surface area contributed by atoms with Gasteiger partial charge in [0.2, 0.25) is 0 Å². The monoisotopic (exact) mass is 161 g/mol. The Bertz CT molecular complexity index is 242. The average Bonchev–Trinajstić information content (AvgIpc) is 2.05. The summed E-state index contributed by atoms with van der Waals surface area (Å²) in [6, 6.07) is 0. The van der Waals surface area contributed by atoms with Gasteiger partial charge in [-0.15, -0.1) is 0 Å². The first kappa shape index (κ1) is 10.6. The Morgan fingerprint density at radius 3 is 2.50 bits per heavy atom. The van der Waals surface area contributed by atoms with Crippen molar-refractivity contribution in [1.82, 2.24) is 0 Å². The van der Waals surface area contributed by atoms with Crippen LogP contribution in [-0.4, -0.2) is 6.72 Å². The highest BCUT2D eigenvalue weighted by Crippen LogP contribution is 2.07. The van der Waals surface area contributed by atoms with Gasteiger partial charge < -0.3 is 0 Å². The van der Waals surface area contributed by atoms with Gasteiger partial charge in [-0.25, -0.2) is 0 Å². The lowest BCUT2D eigenvalue weighted by Gasteiger charge is -1.95. The molecule has 0 fully saturated rings. The lowest BCUT2D eigenvalue weighted by atomic mass is 10.1. The van der Waals surface area contributed by atoms with Crippen LogP contribution >= 0.6 is 0 Å². The van der Waals surface area contributed by atoms with Crippen LogP contribution in [0.15, 0.2) is 53.2 Å². The van der Waals surface area contributed by atoms with Gasteiger partial charge in [-0.2, -0.15) is 0 Å². The molecule has 12 heavy (non-hydrogen) atoms. The Kier molecular flexibility index (Phi) is 5.62. The predicted molar refractivity (Wildman–Crippen MR) is 56.4 cm³/mol. The predicted octanol–water partition coefficient (Wildman–Crippen LogP) is 3.28. The van der Waals surface area contributed by atoms with Crippen LogP contribution in [0, 0.1) is 0 Å². The minimum Gasteiger partial charge on any atom is -0.272 e. The molecule has 64 valence electrons. The van der Waals surface area contributed by atoms with E-state index < -0.39 is 0 Å². The maximum Gasteiger partial charge on any atom is 0.0295 e. The highest BCUT2D eigenvalue weighted by atomic mass is 14.6. The van der Waals surface area contributed by atoms with Crippen molar-refractivity contribution in [3.05, 3.63) is 48.2 Å². The third kappa shape index (κ3) is 4.45. The summed E-state index contributed by atoms with van der Waals surface area (Å²) < 4.78 is 0. The van der Waals surface area contributed by atoms with E-state index in [-0.39, 0.29) is 0 Å². The fourth-order valence-corrected chi connectivity index (χ4v) is 0.634. The number of hydrogen-bond donors (Lipinski definition) is 0. The Balaban J connectivity index is 4.22. The topological polar surface area (TPSA) is 12.4 Å². The van der Waals surface area contributed by atoms with Crippen LogP contribution in [-0.2, 0) is 0 Å². The number of hydrogen-bond acceptors (Lipinski definition) is 1. The highest BCUT2D eigenvalue weighted by molar-refractivity contribution is 5.38. The molecule has 0 rings (SSSR count). The third-order valence-corrected chi connectivity index (χ3v) is 1.39. The van der Waals surface area contributed by atoms with Crippen molar-refractivity contribution in [2.75, 3.05) is 0 Å². The molecular formula is C11H15N. The molecule has 1 heteroatoms. The Morgan fingerprint density at radius 2 is 2.00 bits per heavy atom.